The molecule has 0 aliphatic heterocycles. The lowest BCUT2D eigenvalue weighted by atomic mass is 10.1. The van der Waals surface area contributed by atoms with Gasteiger partial charge in [0.1, 0.15) is 0 Å². The van der Waals surface area contributed by atoms with Gasteiger partial charge >= 0.3 is 6.18 Å². The number of nitrogens with one attached hydrogen (secondary N) is 1. The SMILES string of the molecule is Nc1cc(N)cc(C(=O)Nc2cccc(C(F)(F)F)c2)c1. The van der Waals surface area contributed by atoms with Crippen molar-refractivity contribution in [2.24, 2.45) is 0 Å². The van der Waals surface area contributed by atoms with E-state index < -0.39 is 17.6 Å². The maximum atomic E-state index is 12.6. The molecule has 0 aromatic heterocycles. The molecule has 0 unspecified atom stereocenters. The summed E-state index contributed by atoms with van der Waals surface area (Å²) < 4.78 is 37.8. The Hall–Kier alpha value is -2.70. The molecule has 1 amide bonds. The molecule has 0 bridgehead atoms. The molecule has 0 saturated heterocycles. The standard InChI is InChI=1S/C14H12F3N3O/c15-14(16,17)9-2-1-3-12(6-9)20-13(21)8-4-10(18)7-11(19)5-8/h1-7H,18-19H2,(H,20,21). The normalized spacial score (nSPS) is 11.2. The average Bonchev–Trinajstić information content (AvgIpc) is 2.37. The van der Waals surface area contributed by atoms with E-state index in [4.69, 9.17) is 11.5 Å². The number of amides is 1. The van der Waals surface area contributed by atoms with Crippen LogP contribution in [0.3, 0.4) is 0 Å². The fourth-order valence-electron chi connectivity index (χ4n) is 1.78. The minimum absolute atomic E-state index is 0.0378. The van der Waals surface area contributed by atoms with Crippen molar-refractivity contribution >= 4 is 23.0 Å². The zero-order valence-electron chi connectivity index (χ0n) is 10.7. The summed E-state index contributed by atoms with van der Waals surface area (Å²) in [6.07, 6.45) is -4.47. The highest BCUT2D eigenvalue weighted by Gasteiger charge is 2.30. The van der Waals surface area contributed by atoms with E-state index >= 15 is 0 Å². The number of rotatable bonds is 2. The van der Waals surface area contributed by atoms with Gasteiger partial charge in [0.15, 0.2) is 0 Å². The van der Waals surface area contributed by atoms with Crippen molar-refractivity contribution in [3.05, 3.63) is 53.6 Å². The molecule has 5 N–H and O–H groups in total. The summed E-state index contributed by atoms with van der Waals surface area (Å²) in [5.41, 5.74) is 11.1. The predicted octanol–water partition coefficient (Wildman–Crippen LogP) is 3.12. The van der Waals surface area contributed by atoms with E-state index in [-0.39, 0.29) is 11.3 Å². The number of carbonyl (C=O) groups excluding carboxylic acids is 1. The van der Waals surface area contributed by atoms with Crippen LogP contribution in [0.5, 0.6) is 0 Å². The number of benzene rings is 2. The first-order chi connectivity index (χ1) is 9.75. The first kappa shape index (κ1) is 14.7. The fourth-order valence-corrected chi connectivity index (χ4v) is 1.78. The molecule has 0 aliphatic rings. The molecule has 0 spiro atoms. The first-order valence-electron chi connectivity index (χ1n) is 5.90. The Bertz CT molecular complexity index is 663. The summed E-state index contributed by atoms with van der Waals surface area (Å²) in [4.78, 5) is 12.0. The lowest BCUT2D eigenvalue weighted by Crippen LogP contribution is -2.13. The largest absolute Gasteiger partial charge is 0.416 e. The number of alkyl halides is 3. The molecular weight excluding hydrogens is 283 g/mol. The second-order valence-electron chi connectivity index (χ2n) is 4.42. The third-order valence-corrected chi connectivity index (χ3v) is 2.69. The van der Waals surface area contributed by atoms with Crippen LogP contribution >= 0.6 is 0 Å². The molecule has 0 aliphatic carbocycles. The summed E-state index contributed by atoms with van der Waals surface area (Å²) >= 11 is 0. The topological polar surface area (TPSA) is 81.1 Å². The quantitative estimate of drug-likeness (QED) is 0.744. The van der Waals surface area contributed by atoms with Gasteiger partial charge in [0.05, 0.1) is 5.56 Å². The van der Waals surface area contributed by atoms with Crippen LogP contribution in [0.4, 0.5) is 30.2 Å². The number of halogens is 3. The highest BCUT2D eigenvalue weighted by atomic mass is 19.4. The molecule has 0 fully saturated rings. The highest BCUT2D eigenvalue weighted by molar-refractivity contribution is 6.05. The van der Waals surface area contributed by atoms with Crippen molar-refractivity contribution in [3.63, 3.8) is 0 Å². The van der Waals surface area contributed by atoms with Crippen molar-refractivity contribution in [1.82, 2.24) is 0 Å². The van der Waals surface area contributed by atoms with Gasteiger partial charge in [0.2, 0.25) is 0 Å². The van der Waals surface area contributed by atoms with Crippen molar-refractivity contribution in [1.29, 1.82) is 0 Å². The Morgan fingerprint density at radius 1 is 1.00 bits per heavy atom. The smallest absolute Gasteiger partial charge is 0.399 e. The van der Waals surface area contributed by atoms with Gasteiger partial charge in [0, 0.05) is 22.6 Å². The summed E-state index contributed by atoms with van der Waals surface area (Å²) in [6, 6.07) is 8.61. The molecule has 2 rings (SSSR count). The molecule has 4 nitrogen and oxygen atoms in total. The van der Waals surface area contributed by atoms with Crippen LogP contribution in [0.2, 0.25) is 0 Å². The predicted molar refractivity (Wildman–Crippen MR) is 74.7 cm³/mol. The lowest BCUT2D eigenvalue weighted by molar-refractivity contribution is -0.137. The second-order valence-corrected chi connectivity index (χ2v) is 4.42. The zero-order chi connectivity index (χ0) is 15.6. The Balaban J connectivity index is 2.23. The van der Waals surface area contributed by atoms with Crippen LogP contribution < -0.4 is 16.8 Å². The monoisotopic (exact) mass is 295 g/mol. The summed E-state index contributed by atoms with van der Waals surface area (Å²) in [5.74, 6) is -0.590. The third-order valence-electron chi connectivity index (χ3n) is 2.69. The molecule has 2 aromatic rings. The van der Waals surface area contributed by atoms with Gasteiger partial charge in [-0.2, -0.15) is 13.2 Å². The van der Waals surface area contributed by atoms with Crippen LogP contribution in [-0.2, 0) is 6.18 Å². The number of nitrogens with two attached hydrogens (primary N) is 2. The molecule has 0 saturated carbocycles. The molecule has 21 heavy (non-hydrogen) atoms. The number of hydrogen-bond donors (Lipinski definition) is 3. The van der Waals surface area contributed by atoms with E-state index in [1.807, 2.05) is 0 Å². The lowest BCUT2D eigenvalue weighted by Gasteiger charge is -2.10. The van der Waals surface area contributed by atoms with Crippen LogP contribution in [0.15, 0.2) is 42.5 Å². The van der Waals surface area contributed by atoms with Crippen molar-refractivity contribution in [2.75, 3.05) is 16.8 Å². The van der Waals surface area contributed by atoms with Gasteiger partial charge in [-0.1, -0.05) is 6.07 Å². The molecule has 110 valence electrons. The fraction of sp³-hybridized carbons (Fsp3) is 0.0714. The second kappa shape index (κ2) is 5.35. The number of carbonyl (C=O) groups is 1. The molecule has 0 heterocycles. The summed E-state index contributed by atoms with van der Waals surface area (Å²) in [5, 5.41) is 2.38. The molecule has 0 radical (unpaired) electrons. The average molecular weight is 295 g/mol. The third kappa shape index (κ3) is 3.65. The van der Waals surface area contributed by atoms with Gasteiger partial charge in [-0.25, -0.2) is 0 Å². The Morgan fingerprint density at radius 2 is 1.62 bits per heavy atom. The molecule has 7 heteroatoms. The summed E-state index contributed by atoms with van der Waals surface area (Å²) in [7, 11) is 0. The van der Waals surface area contributed by atoms with E-state index in [1.54, 1.807) is 0 Å². The van der Waals surface area contributed by atoms with Crippen molar-refractivity contribution in [2.45, 2.75) is 6.18 Å². The zero-order valence-corrected chi connectivity index (χ0v) is 10.7. The van der Waals surface area contributed by atoms with Gasteiger partial charge in [0.25, 0.3) is 5.91 Å². The number of nitrogen functional groups attached to an aromatic ring is 2. The van der Waals surface area contributed by atoms with Crippen LogP contribution in [-0.4, -0.2) is 5.91 Å². The van der Waals surface area contributed by atoms with Gasteiger partial charge in [-0.05, 0) is 36.4 Å². The minimum atomic E-state index is -4.47. The Morgan fingerprint density at radius 3 is 2.19 bits per heavy atom. The maximum absolute atomic E-state index is 12.6. The van der Waals surface area contributed by atoms with E-state index in [0.29, 0.717) is 11.4 Å². The van der Waals surface area contributed by atoms with Gasteiger partial charge in [-0.3, -0.25) is 4.79 Å². The van der Waals surface area contributed by atoms with E-state index in [2.05, 4.69) is 5.32 Å². The maximum Gasteiger partial charge on any atom is 0.416 e. The van der Waals surface area contributed by atoms with E-state index in [0.717, 1.165) is 12.1 Å². The Labute approximate surface area is 118 Å². The number of hydrogen-bond acceptors (Lipinski definition) is 3. The number of anilines is 3. The van der Waals surface area contributed by atoms with Crippen LogP contribution in [0, 0.1) is 0 Å². The molecule has 0 atom stereocenters. The molecular formula is C14H12F3N3O. The highest BCUT2D eigenvalue weighted by Crippen LogP contribution is 2.30. The minimum Gasteiger partial charge on any atom is -0.399 e. The Kier molecular flexibility index (Phi) is 3.75. The van der Waals surface area contributed by atoms with Gasteiger partial charge in [-0.15, -0.1) is 0 Å². The van der Waals surface area contributed by atoms with Crippen LogP contribution in [0.1, 0.15) is 15.9 Å². The van der Waals surface area contributed by atoms with Crippen molar-refractivity contribution in [3.8, 4) is 0 Å². The van der Waals surface area contributed by atoms with Gasteiger partial charge < -0.3 is 16.8 Å². The van der Waals surface area contributed by atoms with Crippen LogP contribution in [0.25, 0.3) is 0 Å². The summed E-state index contributed by atoms with van der Waals surface area (Å²) in [6.45, 7) is 0. The molecule has 2 aromatic carbocycles. The van der Waals surface area contributed by atoms with Crippen molar-refractivity contribution < 1.29 is 18.0 Å². The van der Waals surface area contributed by atoms with E-state index in [1.165, 1.54) is 30.3 Å². The van der Waals surface area contributed by atoms with E-state index in [9.17, 15) is 18.0 Å². The first-order valence-corrected chi connectivity index (χ1v) is 5.90.